The van der Waals surface area contributed by atoms with Gasteiger partial charge in [0.15, 0.2) is 5.78 Å². The fourth-order valence-corrected chi connectivity index (χ4v) is 2.86. The SMILES string of the molecule is CC(=O)c1c(C)[nH]c(C(=O)OCCOc2cc(C)cc(C)c2)c1C. The van der Waals surface area contributed by atoms with Crippen LogP contribution in [0.3, 0.4) is 0 Å². The number of rotatable bonds is 6. The van der Waals surface area contributed by atoms with E-state index in [0.717, 1.165) is 16.9 Å². The van der Waals surface area contributed by atoms with E-state index >= 15 is 0 Å². The number of hydrogen-bond donors (Lipinski definition) is 1. The van der Waals surface area contributed by atoms with E-state index in [1.807, 2.05) is 26.0 Å². The number of esters is 1. The summed E-state index contributed by atoms with van der Waals surface area (Å²) in [5.74, 6) is 0.208. The molecule has 0 radical (unpaired) electrons. The molecule has 0 fully saturated rings. The summed E-state index contributed by atoms with van der Waals surface area (Å²) in [6.07, 6.45) is 0. The number of ketones is 1. The van der Waals surface area contributed by atoms with E-state index in [1.54, 1.807) is 13.8 Å². The number of H-pyrrole nitrogens is 1. The molecule has 128 valence electrons. The van der Waals surface area contributed by atoms with Crippen molar-refractivity contribution in [3.8, 4) is 5.75 Å². The molecule has 1 aromatic heterocycles. The van der Waals surface area contributed by atoms with Crippen molar-refractivity contribution in [3.63, 3.8) is 0 Å². The van der Waals surface area contributed by atoms with E-state index < -0.39 is 5.97 Å². The highest BCUT2D eigenvalue weighted by Crippen LogP contribution is 2.19. The predicted molar refractivity (Wildman–Crippen MR) is 92.0 cm³/mol. The lowest BCUT2D eigenvalue weighted by atomic mass is 10.1. The van der Waals surface area contributed by atoms with Gasteiger partial charge in [0.1, 0.15) is 24.7 Å². The zero-order valence-corrected chi connectivity index (χ0v) is 14.8. The molecule has 1 N–H and O–H groups in total. The van der Waals surface area contributed by atoms with E-state index in [-0.39, 0.29) is 19.0 Å². The van der Waals surface area contributed by atoms with E-state index in [9.17, 15) is 9.59 Å². The lowest BCUT2D eigenvalue weighted by Crippen LogP contribution is -2.13. The average Bonchev–Trinajstić information content (AvgIpc) is 2.77. The Balaban J connectivity index is 1.92. The number of carbonyl (C=O) groups is 2. The molecule has 0 aliphatic carbocycles. The molecule has 0 saturated heterocycles. The smallest absolute Gasteiger partial charge is 0.355 e. The largest absolute Gasteiger partial charge is 0.490 e. The molecule has 0 aliphatic rings. The molecule has 5 heteroatoms. The summed E-state index contributed by atoms with van der Waals surface area (Å²) in [6.45, 7) is 9.40. The minimum Gasteiger partial charge on any atom is -0.490 e. The zero-order valence-electron chi connectivity index (χ0n) is 14.8. The third-order valence-electron chi connectivity index (χ3n) is 3.77. The predicted octanol–water partition coefficient (Wildman–Crippen LogP) is 3.69. The van der Waals surface area contributed by atoms with Crippen LogP contribution in [0.2, 0.25) is 0 Å². The van der Waals surface area contributed by atoms with Gasteiger partial charge >= 0.3 is 5.97 Å². The molecule has 0 atom stereocenters. The summed E-state index contributed by atoms with van der Waals surface area (Å²) in [5, 5.41) is 0. The minimum atomic E-state index is -0.480. The van der Waals surface area contributed by atoms with E-state index in [0.29, 0.717) is 22.5 Å². The fraction of sp³-hybridized carbons (Fsp3) is 0.368. The van der Waals surface area contributed by atoms with Crippen molar-refractivity contribution in [2.45, 2.75) is 34.6 Å². The second kappa shape index (κ2) is 7.34. The average molecular weight is 329 g/mol. The number of aromatic amines is 1. The van der Waals surface area contributed by atoms with Crippen LogP contribution in [-0.2, 0) is 4.74 Å². The van der Waals surface area contributed by atoms with Crippen LogP contribution in [0.25, 0.3) is 0 Å². The first-order valence-corrected chi connectivity index (χ1v) is 7.88. The molecular formula is C19H23NO4. The Morgan fingerprint density at radius 1 is 1.00 bits per heavy atom. The normalized spacial score (nSPS) is 10.5. The van der Waals surface area contributed by atoms with Crippen molar-refractivity contribution in [3.05, 3.63) is 51.8 Å². The van der Waals surface area contributed by atoms with Gasteiger partial charge in [0, 0.05) is 11.3 Å². The maximum absolute atomic E-state index is 12.2. The van der Waals surface area contributed by atoms with Crippen LogP contribution < -0.4 is 4.74 Å². The highest BCUT2D eigenvalue weighted by atomic mass is 16.6. The molecule has 5 nitrogen and oxygen atoms in total. The standard InChI is InChI=1S/C19H23NO4/c1-11-8-12(2)10-16(9-11)23-6-7-24-19(22)18-13(3)17(15(5)21)14(4)20-18/h8-10,20H,6-7H2,1-5H3. The molecule has 0 spiro atoms. The van der Waals surface area contributed by atoms with Gasteiger partial charge in [0.05, 0.1) is 0 Å². The van der Waals surface area contributed by atoms with Crippen LogP contribution in [0.5, 0.6) is 5.75 Å². The third-order valence-corrected chi connectivity index (χ3v) is 3.77. The summed E-state index contributed by atoms with van der Waals surface area (Å²) in [7, 11) is 0. The second-order valence-corrected chi connectivity index (χ2v) is 5.99. The second-order valence-electron chi connectivity index (χ2n) is 5.99. The van der Waals surface area contributed by atoms with Crippen molar-refractivity contribution in [2.24, 2.45) is 0 Å². The van der Waals surface area contributed by atoms with Crippen LogP contribution in [0, 0.1) is 27.7 Å². The van der Waals surface area contributed by atoms with E-state index in [1.165, 1.54) is 6.92 Å². The van der Waals surface area contributed by atoms with Crippen molar-refractivity contribution in [1.29, 1.82) is 0 Å². The van der Waals surface area contributed by atoms with Gasteiger partial charge in [-0.05, 0) is 63.4 Å². The van der Waals surface area contributed by atoms with Gasteiger partial charge in [-0.3, -0.25) is 4.79 Å². The van der Waals surface area contributed by atoms with Gasteiger partial charge in [-0.15, -0.1) is 0 Å². The first kappa shape index (κ1) is 17.8. The number of benzene rings is 1. The van der Waals surface area contributed by atoms with Crippen molar-refractivity contribution < 1.29 is 19.1 Å². The van der Waals surface area contributed by atoms with Gasteiger partial charge in [-0.2, -0.15) is 0 Å². The number of ether oxygens (including phenoxy) is 2. The van der Waals surface area contributed by atoms with Crippen LogP contribution in [0.15, 0.2) is 18.2 Å². The van der Waals surface area contributed by atoms with Crippen molar-refractivity contribution in [1.82, 2.24) is 4.98 Å². The first-order chi connectivity index (χ1) is 11.3. The van der Waals surface area contributed by atoms with Gasteiger partial charge in [-0.1, -0.05) is 6.07 Å². The first-order valence-electron chi connectivity index (χ1n) is 7.88. The molecule has 2 rings (SSSR count). The molecule has 24 heavy (non-hydrogen) atoms. The maximum atomic E-state index is 12.2. The summed E-state index contributed by atoms with van der Waals surface area (Å²) in [6, 6.07) is 5.94. The summed E-state index contributed by atoms with van der Waals surface area (Å²) < 4.78 is 10.8. The van der Waals surface area contributed by atoms with Gasteiger partial charge in [0.25, 0.3) is 0 Å². The van der Waals surface area contributed by atoms with E-state index in [4.69, 9.17) is 9.47 Å². The van der Waals surface area contributed by atoms with Gasteiger partial charge in [0.2, 0.25) is 0 Å². The number of Topliss-reactive ketones (excluding diaryl/α,β-unsaturated/α-hetero) is 1. The van der Waals surface area contributed by atoms with Crippen LogP contribution >= 0.6 is 0 Å². The number of aromatic nitrogens is 1. The fourth-order valence-electron chi connectivity index (χ4n) is 2.86. The Bertz CT molecular complexity index is 754. The Morgan fingerprint density at radius 3 is 2.17 bits per heavy atom. The number of aryl methyl sites for hydroxylation is 3. The number of carbonyl (C=O) groups excluding carboxylic acids is 2. The van der Waals surface area contributed by atoms with Crippen molar-refractivity contribution >= 4 is 11.8 Å². The van der Waals surface area contributed by atoms with Gasteiger partial charge < -0.3 is 14.5 Å². The molecule has 0 unspecified atom stereocenters. The minimum absolute atomic E-state index is 0.0709. The zero-order chi connectivity index (χ0) is 17.9. The quantitative estimate of drug-likeness (QED) is 0.498. The number of hydrogen-bond acceptors (Lipinski definition) is 4. The Labute approximate surface area is 142 Å². The molecule has 0 amide bonds. The summed E-state index contributed by atoms with van der Waals surface area (Å²) in [5.41, 5.74) is 4.42. The van der Waals surface area contributed by atoms with Gasteiger partial charge in [-0.25, -0.2) is 4.79 Å². The molecule has 0 aliphatic heterocycles. The molecule has 2 aromatic rings. The lowest BCUT2D eigenvalue weighted by molar-refractivity contribution is 0.0443. The number of nitrogens with one attached hydrogen (secondary N) is 1. The lowest BCUT2D eigenvalue weighted by Gasteiger charge is -2.09. The molecule has 1 heterocycles. The maximum Gasteiger partial charge on any atom is 0.355 e. The molecular weight excluding hydrogens is 306 g/mol. The molecule has 0 bridgehead atoms. The molecule has 1 aromatic carbocycles. The Hall–Kier alpha value is -2.56. The van der Waals surface area contributed by atoms with E-state index in [2.05, 4.69) is 11.1 Å². The Kier molecular flexibility index (Phi) is 5.44. The Morgan fingerprint density at radius 2 is 1.62 bits per heavy atom. The monoisotopic (exact) mass is 329 g/mol. The summed E-state index contributed by atoms with van der Waals surface area (Å²) in [4.78, 5) is 26.7. The highest BCUT2D eigenvalue weighted by molar-refractivity contribution is 6.01. The highest BCUT2D eigenvalue weighted by Gasteiger charge is 2.20. The molecule has 0 saturated carbocycles. The third kappa shape index (κ3) is 4.04. The van der Waals surface area contributed by atoms with Crippen molar-refractivity contribution in [2.75, 3.05) is 13.2 Å². The topological polar surface area (TPSA) is 68.4 Å². The van der Waals surface area contributed by atoms with Crippen LogP contribution in [0.1, 0.15) is 50.2 Å². The van der Waals surface area contributed by atoms with Crippen LogP contribution in [-0.4, -0.2) is 30.0 Å². The van der Waals surface area contributed by atoms with Crippen LogP contribution in [0.4, 0.5) is 0 Å². The summed E-state index contributed by atoms with van der Waals surface area (Å²) >= 11 is 0.